The van der Waals surface area contributed by atoms with Crippen molar-refractivity contribution in [1.29, 1.82) is 0 Å². The van der Waals surface area contributed by atoms with Gasteiger partial charge in [0, 0.05) is 13.1 Å². The summed E-state index contributed by atoms with van der Waals surface area (Å²) in [5.41, 5.74) is 2.10. The molecule has 2 aromatic carbocycles. The third-order valence-corrected chi connectivity index (χ3v) is 4.74. The van der Waals surface area contributed by atoms with E-state index in [1.54, 1.807) is 4.90 Å². The van der Waals surface area contributed by atoms with E-state index in [0.717, 1.165) is 36.1 Å². The molecule has 1 aliphatic heterocycles. The summed E-state index contributed by atoms with van der Waals surface area (Å²) >= 11 is 0. The summed E-state index contributed by atoms with van der Waals surface area (Å²) in [6, 6.07) is 9.43. The number of hydrogen-bond acceptors (Lipinski definition) is 2. The van der Waals surface area contributed by atoms with Crippen LogP contribution in [0.3, 0.4) is 0 Å². The highest BCUT2D eigenvalue weighted by molar-refractivity contribution is 5.79. The maximum Gasteiger partial charge on any atom is 0.227 e. The molecule has 1 heterocycles. The average Bonchev–Trinajstić information content (AvgIpc) is 3.08. The van der Waals surface area contributed by atoms with E-state index in [4.69, 9.17) is 0 Å². The monoisotopic (exact) mass is 363 g/mol. The molecule has 6 heteroatoms. The van der Waals surface area contributed by atoms with Gasteiger partial charge in [0.2, 0.25) is 5.91 Å². The quantitative estimate of drug-likeness (QED) is 0.829. The van der Waals surface area contributed by atoms with Crippen LogP contribution < -0.4 is 0 Å². The lowest BCUT2D eigenvalue weighted by molar-refractivity contribution is -0.129. The number of aliphatic hydroxyl groups excluding tert-OH is 1. The standard InChI is InChI=1S/C20H20F3NO2/c21-17-8-16(9-18(22)20(17)23)10-19(26)24-5-4-14(11-24)6-13-2-1-3-15(7-13)12-25/h1-3,7-9,14,25H,4-6,10-12H2. The molecule has 3 rings (SSSR count). The predicted octanol–water partition coefficient (Wildman–Crippen LogP) is 3.23. The number of likely N-dealkylation sites (tertiary alicyclic amines) is 1. The number of nitrogens with zero attached hydrogens (tertiary/aromatic N) is 1. The first-order valence-corrected chi connectivity index (χ1v) is 8.56. The van der Waals surface area contributed by atoms with Crippen molar-refractivity contribution in [2.45, 2.75) is 25.9 Å². The fourth-order valence-corrected chi connectivity index (χ4v) is 3.41. The van der Waals surface area contributed by atoms with Gasteiger partial charge in [-0.1, -0.05) is 24.3 Å². The highest BCUT2D eigenvalue weighted by Gasteiger charge is 2.26. The molecule has 0 saturated carbocycles. The molecular formula is C20H20F3NO2. The Morgan fingerprint density at radius 2 is 1.77 bits per heavy atom. The van der Waals surface area contributed by atoms with E-state index in [9.17, 15) is 23.1 Å². The smallest absolute Gasteiger partial charge is 0.227 e. The van der Waals surface area contributed by atoms with E-state index in [-0.39, 0.29) is 24.5 Å². The van der Waals surface area contributed by atoms with Crippen molar-refractivity contribution in [1.82, 2.24) is 4.90 Å². The molecule has 26 heavy (non-hydrogen) atoms. The molecule has 0 aliphatic carbocycles. The van der Waals surface area contributed by atoms with Crippen molar-refractivity contribution in [3.63, 3.8) is 0 Å². The number of benzene rings is 2. The van der Waals surface area contributed by atoms with E-state index in [2.05, 4.69) is 0 Å². The van der Waals surface area contributed by atoms with Crippen LogP contribution in [-0.4, -0.2) is 29.0 Å². The molecule has 1 amide bonds. The van der Waals surface area contributed by atoms with Gasteiger partial charge in [0.15, 0.2) is 17.5 Å². The van der Waals surface area contributed by atoms with Crippen molar-refractivity contribution in [2.24, 2.45) is 5.92 Å². The van der Waals surface area contributed by atoms with E-state index in [0.29, 0.717) is 19.0 Å². The van der Waals surface area contributed by atoms with Crippen LogP contribution in [0.5, 0.6) is 0 Å². The van der Waals surface area contributed by atoms with Crippen LogP contribution in [0.4, 0.5) is 13.2 Å². The summed E-state index contributed by atoms with van der Waals surface area (Å²) in [5.74, 6) is -4.00. The number of halogens is 3. The number of rotatable bonds is 5. The molecule has 0 aromatic heterocycles. The first kappa shape index (κ1) is 18.5. The number of amides is 1. The molecule has 138 valence electrons. The zero-order chi connectivity index (χ0) is 18.7. The summed E-state index contributed by atoms with van der Waals surface area (Å²) in [6.45, 7) is 1.16. The van der Waals surface area contributed by atoms with Crippen molar-refractivity contribution < 1.29 is 23.1 Å². The van der Waals surface area contributed by atoms with Crippen molar-refractivity contribution in [3.8, 4) is 0 Å². The zero-order valence-electron chi connectivity index (χ0n) is 14.2. The Morgan fingerprint density at radius 1 is 1.08 bits per heavy atom. The molecule has 0 bridgehead atoms. The molecule has 2 aromatic rings. The minimum atomic E-state index is -1.52. The van der Waals surface area contributed by atoms with Gasteiger partial charge in [-0.25, -0.2) is 13.2 Å². The molecule has 1 atom stereocenters. The molecule has 1 aliphatic rings. The number of carbonyl (C=O) groups is 1. The van der Waals surface area contributed by atoms with Crippen LogP contribution in [0.2, 0.25) is 0 Å². The summed E-state index contributed by atoms with van der Waals surface area (Å²) < 4.78 is 39.6. The Balaban J connectivity index is 1.58. The van der Waals surface area contributed by atoms with Crippen LogP contribution in [0.25, 0.3) is 0 Å². The fraction of sp³-hybridized carbons (Fsp3) is 0.350. The van der Waals surface area contributed by atoms with E-state index >= 15 is 0 Å². The van der Waals surface area contributed by atoms with E-state index in [1.165, 1.54) is 0 Å². The van der Waals surface area contributed by atoms with Crippen molar-refractivity contribution >= 4 is 5.91 Å². The minimum Gasteiger partial charge on any atom is -0.392 e. The molecule has 1 fully saturated rings. The molecule has 0 radical (unpaired) electrons. The molecular weight excluding hydrogens is 343 g/mol. The fourth-order valence-electron chi connectivity index (χ4n) is 3.41. The lowest BCUT2D eigenvalue weighted by Gasteiger charge is -2.17. The average molecular weight is 363 g/mol. The normalized spacial score (nSPS) is 16.9. The Morgan fingerprint density at radius 3 is 2.46 bits per heavy atom. The molecule has 1 unspecified atom stereocenters. The summed E-state index contributed by atoms with van der Waals surface area (Å²) in [6.07, 6.45) is 1.50. The van der Waals surface area contributed by atoms with Crippen molar-refractivity contribution in [2.75, 3.05) is 13.1 Å². The van der Waals surface area contributed by atoms with Crippen LogP contribution >= 0.6 is 0 Å². The van der Waals surface area contributed by atoms with Gasteiger partial charge in [-0.15, -0.1) is 0 Å². The summed E-state index contributed by atoms with van der Waals surface area (Å²) in [5, 5.41) is 9.20. The zero-order valence-corrected chi connectivity index (χ0v) is 14.2. The Hall–Kier alpha value is -2.34. The lowest BCUT2D eigenvalue weighted by Crippen LogP contribution is -2.30. The Bertz CT molecular complexity index is 786. The third-order valence-electron chi connectivity index (χ3n) is 4.74. The van der Waals surface area contributed by atoms with Gasteiger partial charge in [0.05, 0.1) is 13.0 Å². The van der Waals surface area contributed by atoms with Gasteiger partial charge < -0.3 is 10.0 Å². The topological polar surface area (TPSA) is 40.5 Å². The van der Waals surface area contributed by atoms with Gasteiger partial charge in [0.25, 0.3) is 0 Å². The maximum atomic E-state index is 13.3. The first-order valence-electron chi connectivity index (χ1n) is 8.56. The summed E-state index contributed by atoms with van der Waals surface area (Å²) in [4.78, 5) is 14.1. The Labute approximate surface area is 150 Å². The van der Waals surface area contributed by atoms with Gasteiger partial charge in [-0.3, -0.25) is 4.79 Å². The number of aliphatic hydroxyl groups is 1. The summed E-state index contributed by atoms with van der Waals surface area (Å²) in [7, 11) is 0. The predicted molar refractivity (Wildman–Crippen MR) is 90.8 cm³/mol. The second-order valence-corrected chi connectivity index (χ2v) is 6.73. The lowest BCUT2D eigenvalue weighted by atomic mass is 9.97. The molecule has 1 N–H and O–H groups in total. The van der Waals surface area contributed by atoms with Gasteiger partial charge in [-0.2, -0.15) is 0 Å². The van der Waals surface area contributed by atoms with Crippen LogP contribution in [0.1, 0.15) is 23.1 Å². The van der Waals surface area contributed by atoms with Crippen LogP contribution in [-0.2, 0) is 24.2 Å². The molecule has 0 spiro atoms. The van der Waals surface area contributed by atoms with Gasteiger partial charge >= 0.3 is 0 Å². The molecule has 3 nitrogen and oxygen atoms in total. The second kappa shape index (κ2) is 7.91. The largest absolute Gasteiger partial charge is 0.392 e. The Kier molecular flexibility index (Phi) is 5.61. The van der Waals surface area contributed by atoms with Gasteiger partial charge in [0.1, 0.15) is 0 Å². The van der Waals surface area contributed by atoms with Crippen LogP contribution in [0.15, 0.2) is 36.4 Å². The number of hydrogen-bond donors (Lipinski definition) is 1. The first-order chi connectivity index (χ1) is 12.5. The molecule has 1 saturated heterocycles. The highest BCUT2D eigenvalue weighted by Crippen LogP contribution is 2.23. The third kappa shape index (κ3) is 4.25. The van der Waals surface area contributed by atoms with Gasteiger partial charge in [-0.05, 0) is 47.6 Å². The SMILES string of the molecule is O=C(Cc1cc(F)c(F)c(F)c1)N1CCC(Cc2cccc(CO)c2)C1. The van der Waals surface area contributed by atoms with Crippen molar-refractivity contribution in [3.05, 3.63) is 70.5 Å². The van der Waals surface area contributed by atoms with E-state index < -0.39 is 17.5 Å². The second-order valence-electron chi connectivity index (χ2n) is 6.73. The number of carbonyl (C=O) groups excluding carboxylic acids is 1. The van der Waals surface area contributed by atoms with E-state index in [1.807, 2.05) is 24.3 Å². The highest BCUT2D eigenvalue weighted by atomic mass is 19.2. The van der Waals surface area contributed by atoms with Crippen LogP contribution in [0, 0.1) is 23.4 Å². The maximum absolute atomic E-state index is 13.3. The minimum absolute atomic E-state index is 0.00604.